The number of hydrogen-bond acceptors (Lipinski definition) is 8. The molecule has 0 saturated carbocycles. The molecule has 0 unspecified atom stereocenters. The van der Waals surface area contributed by atoms with Gasteiger partial charge in [-0.15, -0.1) is 0 Å². The normalized spacial score (nSPS) is 17.9. The summed E-state index contributed by atoms with van der Waals surface area (Å²) in [7, 11) is 0. The highest BCUT2D eigenvalue weighted by atomic mass is 32.2. The lowest BCUT2D eigenvalue weighted by Crippen LogP contribution is -2.32. The Hall–Kier alpha value is -3.24. The van der Waals surface area contributed by atoms with Gasteiger partial charge in [-0.3, -0.25) is 14.5 Å². The maximum atomic E-state index is 13.1. The third kappa shape index (κ3) is 5.29. The summed E-state index contributed by atoms with van der Waals surface area (Å²) >= 11 is 6.76. The summed E-state index contributed by atoms with van der Waals surface area (Å²) < 4.78 is 22.8. The number of carbonyl (C=O) groups is 2. The van der Waals surface area contributed by atoms with E-state index < -0.39 is 0 Å². The van der Waals surface area contributed by atoms with Gasteiger partial charge in [-0.1, -0.05) is 36.1 Å². The molecule has 0 aromatic heterocycles. The fourth-order valence-electron chi connectivity index (χ4n) is 4.21. The van der Waals surface area contributed by atoms with Gasteiger partial charge < -0.3 is 23.8 Å². The van der Waals surface area contributed by atoms with Crippen LogP contribution in [0.4, 0.5) is 0 Å². The molecule has 0 spiro atoms. The average molecular weight is 527 g/mol. The Kier molecular flexibility index (Phi) is 7.33. The molecule has 0 atom stereocenters. The van der Waals surface area contributed by atoms with E-state index in [1.807, 2.05) is 42.2 Å². The number of hydrogen-bond donors (Lipinski definition) is 0. The van der Waals surface area contributed by atoms with Crippen molar-refractivity contribution >= 4 is 46.2 Å². The van der Waals surface area contributed by atoms with Gasteiger partial charge in [0.15, 0.2) is 29.6 Å². The van der Waals surface area contributed by atoms with E-state index in [1.165, 1.54) is 11.8 Å². The second-order valence-corrected chi connectivity index (χ2v) is 10.1. The number of thiocarbonyl (C=S) groups is 1. The van der Waals surface area contributed by atoms with Crippen LogP contribution < -0.4 is 18.9 Å². The number of amides is 2. The summed E-state index contributed by atoms with van der Waals surface area (Å²) in [6.07, 6.45) is 3.86. The Labute approximate surface area is 219 Å². The van der Waals surface area contributed by atoms with Crippen molar-refractivity contribution in [1.82, 2.24) is 9.80 Å². The Morgan fingerprint density at radius 3 is 2.69 bits per heavy atom. The fourth-order valence-corrected chi connectivity index (χ4v) is 5.46. The van der Waals surface area contributed by atoms with Crippen LogP contribution in [-0.2, 0) is 16.1 Å². The van der Waals surface area contributed by atoms with Crippen molar-refractivity contribution in [2.45, 2.75) is 26.3 Å². The van der Waals surface area contributed by atoms with Gasteiger partial charge in [-0.2, -0.15) is 0 Å². The minimum Gasteiger partial charge on any atom is -0.490 e. The van der Waals surface area contributed by atoms with Crippen molar-refractivity contribution in [3.8, 4) is 23.0 Å². The molecule has 0 aliphatic carbocycles. The van der Waals surface area contributed by atoms with Gasteiger partial charge in [0.05, 0.1) is 18.1 Å². The molecule has 3 heterocycles. The molecule has 3 aliphatic heterocycles. The lowest BCUT2D eigenvalue weighted by Gasteiger charge is -2.17. The Morgan fingerprint density at radius 1 is 1.08 bits per heavy atom. The van der Waals surface area contributed by atoms with E-state index in [1.54, 1.807) is 17.0 Å². The average Bonchev–Trinajstić information content (AvgIpc) is 3.62. The first-order chi connectivity index (χ1) is 17.5. The first-order valence-electron chi connectivity index (χ1n) is 11.8. The van der Waals surface area contributed by atoms with E-state index in [0.717, 1.165) is 37.1 Å². The molecule has 2 aromatic rings. The summed E-state index contributed by atoms with van der Waals surface area (Å²) in [5.41, 5.74) is 1.68. The number of thioether (sulfide) groups is 1. The predicted octanol–water partition coefficient (Wildman–Crippen LogP) is 4.22. The molecule has 2 aromatic carbocycles. The molecule has 0 N–H and O–H groups in total. The number of carbonyl (C=O) groups excluding carboxylic acids is 2. The maximum absolute atomic E-state index is 13.1. The zero-order chi connectivity index (χ0) is 25.1. The molecule has 3 aliphatic rings. The van der Waals surface area contributed by atoms with Gasteiger partial charge >= 0.3 is 0 Å². The van der Waals surface area contributed by atoms with Crippen LogP contribution in [0.3, 0.4) is 0 Å². The second kappa shape index (κ2) is 10.8. The molecular formula is C26H26N2O6S2. The topological polar surface area (TPSA) is 77.5 Å². The van der Waals surface area contributed by atoms with Crippen LogP contribution in [0.2, 0.25) is 0 Å². The zero-order valence-electron chi connectivity index (χ0n) is 19.9. The summed E-state index contributed by atoms with van der Waals surface area (Å²) in [6.45, 7) is 4.41. The zero-order valence-corrected chi connectivity index (χ0v) is 21.5. The van der Waals surface area contributed by atoms with Gasteiger partial charge in [0.25, 0.3) is 11.8 Å². The van der Waals surface area contributed by atoms with Gasteiger partial charge in [0, 0.05) is 13.1 Å². The summed E-state index contributed by atoms with van der Waals surface area (Å²) in [6, 6.07) is 11.0. The Morgan fingerprint density at radius 2 is 1.89 bits per heavy atom. The molecular weight excluding hydrogens is 500 g/mol. The monoisotopic (exact) mass is 526 g/mol. The van der Waals surface area contributed by atoms with Crippen LogP contribution in [-0.4, -0.2) is 59.0 Å². The fraction of sp³-hybridized carbons (Fsp3) is 0.346. The Balaban J connectivity index is 1.28. The van der Waals surface area contributed by atoms with Crippen molar-refractivity contribution in [3.63, 3.8) is 0 Å². The number of fused-ring (bicyclic) bond motifs is 1. The molecule has 188 valence electrons. The van der Waals surface area contributed by atoms with E-state index in [4.69, 9.17) is 31.2 Å². The SMILES string of the molecule is CCOc1cc(/C=C2\SC(=S)N(Cc3ccc4c(c3)OCO4)C2=O)ccc1OCC(=O)N1CCCC1. The number of rotatable bonds is 8. The summed E-state index contributed by atoms with van der Waals surface area (Å²) in [5, 5.41) is 0. The highest BCUT2D eigenvalue weighted by Crippen LogP contribution is 2.37. The lowest BCUT2D eigenvalue weighted by atomic mass is 10.1. The smallest absolute Gasteiger partial charge is 0.266 e. The van der Waals surface area contributed by atoms with Gasteiger partial charge in [0.2, 0.25) is 6.79 Å². The molecule has 5 rings (SSSR count). The third-order valence-corrected chi connectivity index (χ3v) is 7.40. The van der Waals surface area contributed by atoms with E-state index >= 15 is 0 Å². The van der Waals surface area contributed by atoms with Gasteiger partial charge in [-0.25, -0.2) is 0 Å². The highest BCUT2D eigenvalue weighted by molar-refractivity contribution is 8.26. The number of ether oxygens (including phenoxy) is 4. The Bertz CT molecular complexity index is 1220. The molecule has 8 nitrogen and oxygen atoms in total. The second-order valence-electron chi connectivity index (χ2n) is 8.47. The molecule has 0 radical (unpaired) electrons. The largest absolute Gasteiger partial charge is 0.490 e. The van der Waals surface area contributed by atoms with Crippen molar-refractivity contribution in [2.24, 2.45) is 0 Å². The number of benzene rings is 2. The van der Waals surface area contributed by atoms with E-state index in [9.17, 15) is 9.59 Å². The molecule has 2 fully saturated rings. The standard InChI is InChI=1S/C26H26N2O6S2/c1-2-31-21-11-17(5-7-19(21)32-15-24(29)27-9-3-4-10-27)13-23-25(30)28(26(35)36-23)14-18-6-8-20-22(12-18)34-16-33-20/h5-8,11-13H,2-4,9-10,14-16H2,1H3/b23-13-. The van der Waals surface area contributed by atoms with Crippen LogP contribution >= 0.6 is 24.0 Å². The molecule has 2 saturated heterocycles. The number of likely N-dealkylation sites (tertiary alicyclic amines) is 1. The minimum absolute atomic E-state index is 0.0230. The van der Waals surface area contributed by atoms with Crippen LogP contribution in [0, 0.1) is 0 Å². The van der Waals surface area contributed by atoms with Crippen molar-refractivity contribution in [1.29, 1.82) is 0 Å². The summed E-state index contributed by atoms with van der Waals surface area (Å²) in [5.74, 6) is 2.21. The van der Waals surface area contributed by atoms with Crippen LogP contribution in [0.1, 0.15) is 30.9 Å². The third-order valence-electron chi connectivity index (χ3n) is 6.03. The van der Waals surface area contributed by atoms with E-state index in [-0.39, 0.29) is 25.2 Å². The minimum atomic E-state index is -0.155. The van der Waals surface area contributed by atoms with Crippen LogP contribution in [0.25, 0.3) is 6.08 Å². The number of nitrogens with zero attached hydrogens (tertiary/aromatic N) is 2. The molecule has 10 heteroatoms. The van der Waals surface area contributed by atoms with E-state index in [2.05, 4.69) is 0 Å². The van der Waals surface area contributed by atoms with Crippen molar-refractivity contribution in [2.75, 3.05) is 33.1 Å². The van der Waals surface area contributed by atoms with Gasteiger partial charge in [-0.05, 0) is 61.2 Å². The lowest BCUT2D eigenvalue weighted by molar-refractivity contribution is -0.132. The highest BCUT2D eigenvalue weighted by Gasteiger charge is 2.32. The molecule has 2 amide bonds. The quantitative estimate of drug-likeness (QED) is 0.374. The summed E-state index contributed by atoms with van der Waals surface area (Å²) in [4.78, 5) is 29.4. The molecule has 0 bridgehead atoms. The first-order valence-corrected chi connectivity index (χ1v) is 13.1. The maximum Gasteiger partial charge on any atom is 0.266 e. The van der Waals surface area contributed by atoms with E-state index in [0.29, 0.717) is 45.4 Å². The molecule has 36 heavy (non-hydrogen) atoms. The van der Waals surface area contributed by atoms with Gasteiger partial charge in [0.1, 0.15) is 4.32 Å². The predicted molar refractivity (Wildman–Crippen MR) is 140 cm³/mol. The van der Waals surface area contributed by atoms with Crippen molar-refractivity contribution in [3.05, 3.63) is 52.4 Å². The first kappa shape index (κ1) is 24.5. The van der Waals surface area contributed by atoms with Crippen LogP contribution in [0.15, 0.2) is 41.3 Å². The van der Waals surface area contributed by atoms with Crippen molar-refractivity contribution < 1.29 is 28.5 Å². The van der Waals surface area contributed by atoms with Crippen LogP contribution in [0.5, 0.6) is 23.0 Å².